The van der Waals surface area contributed by atoms with Crippen LogP contribution in [0.1, 0.15) is 38.1 Å². The standard InChI is InChI=1S/C22H26N4O4S2/c1-3-15-8-5-6-10-18(15)23-22(27)16-9-7-11-26(13-16)32(28,29)20-12-17(14-31-20)21-24-19(4-2)30-25-21/h5-6,8,10,12,14,16H,3-4,7,9,11,13H2,1-2H3,(H,23,27)/t16-/m1/s1. The molecule has 1 aliphatic heterocycles. The van der Waals surface area contributed by atoms with E-state index in [0.29, 0.717) is 43.1 Å². The number of benzene rings is 1. The molecule has 0 saturated carbocycles. The lowest BCUT2D eigenvalue weighted by Crippen LogP contribution is -2.43. The average Bonchev–Trinajstić information content (AvgIpc) is 3.49. The van der Waals surface area contributed by atoms with Crippen LogP contribution in [-0.4, -0.2) is 41.9 Å². The van der Waals surface area contributed by atoms with Gasteiger partial charge in [-0.25, -0.2) is 8.42 Å². The lowest BCUT2D eigenvalue weighted by Gasteiger charge is -2.31. The summed E-state index contributed by atoms with van der Waals surface area (Å²) in [7, 11) is -3.71. The van der Waals surface area contributed by atoms with Gasteiger partial charge in [-0.1, -0.05) is 37.2 Å². The van der Waals surface area contributed by atoms with Crippen molar-refractivity contribution in [3.05, 3.63) is 47.2 Å². The quantitative estimate of drug-likeness (QED) is 0.556. The first-order valence-corrected chi connectivity index (χ1v) is 13.0. The van der Waals surface area contributed by atoms with Gasteiger partial charge >= 0.3 is 0 Å². The molecule has 4 rings (SSSR count). The number of rotatable bonds is 7. The molecule has 8 nitrogen and oxygen atoms in total. The highest BCUT2D eigenvalue weighted by Gasteiger charge is 2.34. The van der Waals surface area contributed by atoms with Gasteiger partial charge in [-0.05, 0) is 37.0 Å². The number of nitrogens with one attached hydrogen (secondary N) is 1. The van der Waals surface area contributed by atoms with Crippen molar-refractivity contribution in [2.45, 2.75) is 43.7 Å². The van der Waals surface area contributed by atoms with E-state index in [1.54, 1.807) is 11.4 Å². The Morgan fingerprint density at radius 2 is 2.09 bits per heavy atom. The smallest absolute Gasteiger partial charge is 0.252 e. The minimum Gasteiger partial charge on any atom is -0.339 e. The van der Waals surface area contributed by atoms with Gasteiger partial charge in [0.05, 0.1) is 5.92 Å². The molecule has 10 heteroatoms. The maximum Gasteiger partial charge on any atom is 0.252 e. The number of carbonyl (C=O) groups excluding carboxylic acids is 1. The molecular weight excluding hydrogens is 448 g/mol. The van der Waals surface area contributed by atoms with Gasteiger partial charge in [-0.2, -0.15) is 9.29 Å². The second-order valence-corrected chi connectivity index (χ2v) is 10.8. The van der Waals surface area contributed by atoms with Crippen LogP contribution in [0.15, 0.2) is 44.4 Å². The molecule has 170 valence electrons. The number of aryl methyl sites for hydroxylation is 2. The van der Waals surface area contributed by atoms with E-state index in [9.17, 15) is 13.2 Å². The minimum absolute atomic E-state index is 0.142. The summed E-state index contributed by atoms with van der Waals surface area (Å²) in [6, 6.07) is 9.26. The molecule has 0 bridgehead atoms. The van der Waals surface area contributed by atoms with Crippen LogP contribution in [0.5, 0.6) is 0 Å². The first-order valence-electron chi connectivity index (χ1n) is 10.7. The third-order valence-corrected chi connectivity index (χ3v) is 8.89. The van der Waals surface area contributed by atoms with Crippen molar-refractivity contribution in [2.75, 3.05) is 18.4 Å². The predicted molar refractivity (Wildman–Crippen MR) is 123 cm³/mol. The molecule has 2 aromatic heterocycles. The number of para-hydroxylation sites is 1. The zero-order chi connectivity index (χ0) is 22.7. The van der Waals surface area contributed by atoms with Crippen LogP contribution in [0, 0.1) is 5.92 Å². The summed E-state index contributed by atoms with van der Waals surface area (Å²) in [4.78, 5) is 17.2. The number of piperidine rings is 1. The van der Waals surface area contributed by atoms with Crippen molar-refractivity contribution in [3.63, 3.8) is 0 Å². The number of hydrogen-bond donors (Lipinski definition) is 1. The first-order chi connectivity index (χ1) is 15.4. The summed E-state index contributed by atoms with van der Waals surface area (Å²) < 4.78 is 33.3. The lowest BCUT2D eigenvalue weighted by atomic mass is 9.98. The molecule has 1 saturated heterocycles. The van der Waals surface area contributed by atoms with E-state index in [4.69, 9.17) is 4.52 Å². The summed E-state index contributed by atoms with van der Waals surface area (Å²) in [5.74, 6) is 0.346. The Hall–Kier alpha value is -2.56. The molecule has 1 amide bonds. The number of sulfonamides is 1. The van der Waals surface area contributed by atoms with Gasteiger partial charge in [0, 0.05) is 36.1 Å². The van der Waals surface area contributed by atoms with Crippen molar-refractivity contribution in [1.82, 2.24) is 14.4 Å². The topological polar surface area (TPSA) is 105 Å². The van der Waals surface area contributed by atoms with E-state index in [1.807, 2.05) is 38.1 Å². The van der Waals surface area contributed by atoms with Gasteiger partial charge in [0.25, 0.3) is 10.0 Å². The summed E-state index contributed by atoms with van der Waals surface area (Å²) in [5, 5.41) is 8.62. The zero-order valence-electron chi connectivity index (χ0n) is 18.1. The van der Waals surface area contributed by atoms with Gasteiger partial charge in [0.1, 0.15) is 4.21 Å². The molecule has 1 fully saturated rings. The fourth-order valence-corrected chi connectivity index (χ4v) is 6.61. The van der Waals surface area contributed by atoms with Crippen LogP contribution in [0.3, 0.4) is 0 Å². The molecule has 0 aliphatic carbocycles. The highest BCUT2D eigenvalue weighted by molar-refractivity contribution is 7.91. The van der Waals surface area contributed by atoms with Gasteiger partial charge in [-0.3, -0.25) is 4.79 Å². The SMILES string of the molecule is CCc1nc(-c2csc(S(=O)(=O)N3CCC[C@@H](C(=O)Nc4ccccc4CC)C3)c2)no1. The maximum atomic E-state index is 13.3. The van der Waals surface area contributed by atoms with Crippen molar-refractivity contribution in [3.8, 4) is 11.4 Å². The van der Waals surface area contributed by atoms with Crippen molar-refractivity contribution in [2.24, 2.45) is 5.92 Å². The Balaban J connectivity index is 1.48. The van der Waals surface area contributed by atoms with Crippen LogP contribution in [0.2, 0.25) is 0 Å². The highest BCUT2D eigenvalue weighted by atomic mass is 32.2. The van der Waals surface area contributed by atoms with Gasteiger partial charge in [0.2, 0.25) is 17.6 Å². The summed E-state index contributed by atoms with van der Waals surface area (Å²) >= 11 is 1.13. The van der Waals surface area contributed by atoms with Crippen LogP contribution >= 0.6 is 11.3 Å². The van der Waals surface area contributed by atoms with E-state index in [-0.39, 0.29) is 16.7 Å². The van der Waals surface area contributed by atoms with Crippen molar-refractivity contribution < 1.29 is 17.7 Å². The molecule has 1 atom stereocenters. The fourth-order valence-electron chi connectivity index (χ4n) is 3.77. The number of anilines is 1. The second kappa shape index (κ2) is 9.51. The number of carbonyl (C=O) groups is 1. The van der Waals surface area contributed by atoms with E-state index in [2.05, 4.69) is 15.5 Å². The van der Waals surface area contributed by atoms with Gasteiger partial charge in [-0.15, -0.1) is 11.3 Å². The van der Waals surface area contributed by atoms with E-state index >= 15 is 0 Å². The van der Waals surface area contributed by atoms with Gasteiger partial charge < -0.3 is 9.84 Å². The number of thiophene rings is 1. The Labute approximate surface area is 191 Å². The second-order valence-electron chi connectivity index (χ2n) is 7.72. The van der Waals surface area contributed by atoms with Crippen LogP contribution in [0.25, 0.3) is 11.4 Å². The zero-order valence-corrected chi connectivity index (χ0v) is 19.7. The van der Waals surface area contributed by atoms with E-state index in [0.717, 1.165) is 29.0 Å². The Morgan fingerprint density at radius 3 is 2.84 bits per heavy atom. The third kappa shape index (κ3) is 4.62. The maximum absolute atomic E-state index is 13.3. The minimum atomic E-state index is -3.71. The molecule has 3 heterocycles. The van der Waals surface area contributed by atoms with Crippen LogP contribution in [-0.2, 0) is 27.7 Å². The molecule has 32 heavy (non-hydrogen) atoms. The fraction of sp³-hybridized carbons (Fsp3) is 0.409. The predicted octanol–water partition coefficient (Wildman–Crippen LogP) is 3.96. The Kier molecular flexibility index (Phi) is 6.73. The Bertz CT molecular complexity index is 1200. The number of aromatic nitrogens is 2. The van der Waals surface area contributed by atoms with Crippen LogP contribution < -0.4 is 5.32 Å². The lowest BCUT2D eigenvalue weighted by molar-refractivity contribution is -0.120. The Morgan fingerprint density at radius 1 is 1.28 bits per heavy atom. The number of amides is 1. The molecule has 0 spiro atoms. The molecule has 0 unspecified atom stereocenters. The number of nitrogens with zero attached hydrogens (tertiary/aromatic N) is 3. The number of hydrogen-bond acceptors (Lipinski definition) is 7. The van der Waals surface area contributed by atoms with Gasteiger partial charge in [0.15, 0.2) is 0 Å². The summed E-state index contributed by atoms with van der Waals surface area (Å²) in [6.45, 7) is 4.50. The highest BCUT2D eigenvalue weighted by Crippen LogP contribution is 2.31. The third-order valence-electron chi connectivity index (χ3n) is 5.61. The van der Waals surface area contributed by atoms with E-state index < -0.39 is 15.9 Å². The van der Waals surface area contributed by atoms with Crippen LogP contribution in [0.4, 0.5) is 5.69 Å². The summed E-state index contributed by atoms with van der Waals surface area (Å²) in [5.41, 5.74) is 2.45. The largest absolute Gasteiger partial charge is 0.339 e. The normalized spacial score (nSPS) is 17.4. The summed E-state index contributed by atoms with van der Waals surface area (Å²) in [6.07, 6.45) is 2.71. The molecule has 1 N–H and O–H groups in total. The molecule has 0 radical (unpaired) electrons. The average molecular weight is 475 g/mol. The van der Waals surface area contributed by atoms with E-state index in [1.165, 1.54) is 4.31 Å². The molecule has 1 aromatic carbocycles. The molecular formula is C22H26N4O4S2. The molecule has 1 aliphatic rings. The monoisotopic (exact) mass is 474 g/mol. The molecule has 3 aromatic rings. The van der Waals surface area contributed by atoms with Crippen molar-refractivity contribution in [1.29, 1.82) is 0 Å². The van der Waals surface area contributed by atoms with Crippen molar-refractivity contribution >= 4 is 33.0 Å². The first kappa shape index (κ1) is 22.6.